The highest BCUT2D eigenvalue weighted by Gasteiger charge is 2.10. The van der Waals surface area contributed by atoms with Gasteiger partial charge in [0.1, 0.15) is 0 Å². The first-order valence-electron chi connectivity index (χ1n) is 8.29. The van der Waals surface area contributed by atoms with E-state index >= 15 is 0 Å². The van der Waals surface area contributed by atoms with Crippen molar-refractivity contribution in [3.8, 4) is 0 Å². The minimum absolute atomic E-state index is 0.113. The molecule has 0 spiro atoms. The average molecular weight is 387 g/mol. The summed E-state index contributed by atoms with van der Waals surface area (Å²) in [6.07, 6.45) is 0.961. The van der Waals surface area contributed by atoms with Gasteiger partial charge in [0.25, 0.3) is 5.56 Å². The number of nitrogens with zero attached hydrogens (tertiary/aromatic N) is 1. The second-order valence-electron chi connectivity index (χ2n) is 5.95. The van der Waals surface area contributed by atoms with Crippen LogP contribution in [-0.4, -0.2) is 16.2 Å². The van der Waals surface area contributed by atoms with E-state index in [0.717, 1.165) is 27.9 Å². The lowest BCUT2D eigenvalue weighted by Crippen LogP contribution is -2.17. The van der Waals surface area contributed by atoms with Crippen molar-refractivity contribution in [2.45, 2.75) is 18.2 Å². The van der Waals surface area contributed by atoms with Gasteiger partial charge >= 0.3 is 0 Å². The van der Waals surface area contributed by atoms with Gasteiger partial charge in [0.05, 0.1) is 11.3 Å². The number of halogens is 1. The molecule has 0 aliphatic heterocycles. The van der Waals surface area contributed by atoms with E-state index in [2.05, 4.69) is 12.2 Å². The Labute approximate surface area is 161 Å². The van der Waals surface area contributed by atoms with Gasteiger partial charge in [-0.05, 0) is 42.3 Å². The Bertz CT molecular complexity index is 1010. The topological polar surface area (TPSA) is 51.1 Å². The van der Waals surface area contributed by atoms with Crippen LogP contribution in [0.3, 0.4) is 0 Å². The van der Waals surface area contributed by atoms with Gasteiger partial charge in [-0.15, -0.1) is 11.8 Å². The van der Waals surface area contributed by atoms with E-state index in [1.165, 1.54) is 17.3 Å². The molecule has 2 aromatic carbocycles. The molecule has 0 fully saturated rings. The number of aryl methyl sites for hydroxylation is 2. The van der Waals surface area contributed by atoms with E-state index in [0.29, 0.717) is 5.02 Å². The molecule has 0 atom stereocenters. The molecule has 3 rings (SSSR count). The molecule has 0 radical (unpaired) electrons. The first-order valence-corrected chi connectivity index (χ1v) is 9.65. The Hall–Kier alpha value is -2.24. The number of aromatic nitrogens is 1. The fraction of sp³-hybridized carbons (Fsp3) is 0.200. The van der Waals surface area contributed by atoms with Crippen LogP contribution in [-0.2, 0) is 18.3 Å². The Balaban J connectivity index is 1.76. The van der Waals surface area contributed by atoms with Crippen molar-refractivity contribution in [2.24, 2.45) is 7.05 Å². The molecular weight excluding hydrogens is 368 g/mol. The average Bonchev–Trinajstić information content (AvgIpc) is 2.64. The van der Waals surface area contributed by atoms with Gasteiger partial charge in [0.2, 0.25) is 5.91 Å². The van der Waals surface area contributed by atoms with Crippen LogP contribution in [0.1, 0.15) is 12.5 Å². The van der Waals surface area contributed by atoms with Gasteiger partial charge in [-0.1, -0.05) is 30.7 Å². The van der Waals surface area contributed by atoms with Crippen LogP contribution in [0.25, 0.3) is 10.9 Å². The Morgan fingerprint density at radius 2 is 1.88 bits per heavy atom. The van der Waals surface area contributed by atoms with E-state index in [9.17, 15) is 9.59 Å². The van der Waals surface area contributed by atoms with E-state index < -0.39 is 0 Å². The van der Waals surface area contributed by atoms with Crippen LogP contribution in [0.4, 0.5) is 5.69 Å². The van der Waals surface area contributed by atoms with Gasteiger partial charge in [-0.2, -0.15) is 0 Å². The molecule has 3 aromatic rings. The number of carbonyl (C=O) groups is 1. The van der Waals surface area contributed by atoms with Crippen molar-refractivity contribution in [3.05, 3.63) is 69.5 Å². The normalized spacial score (nSPS) is 10.9. The van der Waals surface area contributed by atoms with Crippen molar-refractivity contribution < 1.29 is 4.79 Å². The van der Waals surface area contributed by atoms with Crippen LogP contribution in [0.2, 0.25) is 5.02 Å². The Morgan fingerprint density at radius 3 is 2.58 bits per heavy atom. The number of amides is 1. The van der Waals surface area contributed by atoms with Crippen molar-refractivity contribution >= 4 is 45.9 Å². The number of rotatable bonds is 5. The molecule has 0 saturated heterocycles. The zero-order chi connectivity index (χ0) is 18.7. The first-order chi connectivity index (χ1) is 12.5. The van der Waals surface area contributed by atoms with E-state index in [-0.39, 0.29) is 17.2 Å². The molecule has 1 amide bonds. The van der Waals surface area contributed by atoms with Crippen LogP contribution in [0.15, 0.2) is 58.2 Å². The van der Waals surface area contributed by atoms with Crippen molar-refractivity contribution in [1.29, 1.82) is 0 Å². The molecule has 134 valence electrons. The molecule has 0 saturated carbocycles. The molecule has 0 aliphatic rings. The summed E-state index contributed by atoms with van der Waals surface area (Å²) in [5.74, 6) is 0.0970. The first kappa shape index (κ1) is 18.5. The maximum Gasteiger partial charge on any atom is 0.251 e. The molecule has 1 N–H and O–H groups in total. The van der Waals surface area contributed by atoms with Crippen molar-refractivity contribution in [1.82, 2.24) is 4.57 Å². The summed E-state index contributed by atoms with van der Waals surface area (Å²) in [4.78, 5) is 25.2. The molecule has 1 aromatic heterocycles. The number of anilines is 1. The predicted octanol–water partition coefficient (Wildman–Crippen LogP) is 4.49. The Morgan fingerprint density at radius 1 is 1.15 bits per heavy atom. The summed E-state index contributed by atoms with van der Waals surface area (Å²) in [6, 6.07) is 14.7. The molecule has 0 bridgehead atoms. The second kappa shape index (κ2) is 7.98. The highest BCUT2D eigenvalue weighted by molar-refractivity contribution is 8.00. The number of nitrogens with one attached hydrogen (secondary N) is 1. The van der Waals surface area contributed by atoms with E-state index in [1.807, 2.05) is 36.4 Å². The lowest BCUT2D eigenvalue weighted by atomic mass is 10.1. The van der Waals surface area contributed by atoms with Gasteiger partial charge in [-0.25, -0.2) is 0 Å². The SMILES string of the molecule is CCc1ccc(NC(=O)CSc2cc(=O)n(C)c3ccc(Cl)cc23)cc1. The largest absolute Gasteiger partial charge is 0.325 e. The summed E-state index contributed by atoms with van der Waals surface area (Å²) in [6.45, 7) is 2.09. The van der Waals surface area contributed by atoms with Gasteiger partial charge in [0.15, 0.2) is 0 Å². The number of benzene rings is 2. The molecular formula is C20H19ClN2O2S. The number of hydrogen-bond acceptors (Lipinski definition) is 3. The third kappa shape index (κ3) is 4.11. The fourth-order valence-corrected chi connectivity index (χ4v) is 3.72. The summed E-state index contributed by atoms with van der Waals surface area (Å²) < 4.78 is 1.57. The van der Waals surface area contributed by atoms with E-state index in [4.69, 9.17) is 11.6 Å². The van der Waals surface area contributed by atoms with Crippen LogP contribution in [0, 0.1) is 0 Å². The van der Waals surface area contributed by atoms with Crippen LogP contribution < -0.4 is 10.9 Å². The van der Waals surface area contributed by atoms with Gasteiger partial charge in [0, 0.05) is 34.1 Å². The predicted molar refractivity (Wildman–Crippen MR) is 109 cm³/mol. The number of pyridine rings is 1. The minimum atomic E-state index is -0.116. The maximum atomic E-state index is 12.3. The fourth-order valence-electron chi connectivity index (χ4n) is 2.69. The third-order valence-electron chi connectivity index (χ3n) is 4.18. The highest BCUT2D eigenvalue weighted by atomic mass is 35.5. The highest BCUT2D eigenvalue weighted by Crippen LogP contribution is 2.28. The number of thioether (sulfide) groups is 1. The molecule has 4 nitrogen and oxygen atoms in total. The smallest absolute Gasteiger partial charge is 0.251 e. The Kier molecular flexibility index (Phi) is 5.69. The number of carbonyl (C=O) groups excluding carboxylic acids is 1. The zero-order valence-electron chi connectivity index (χ0n) is 14.6. The number of hydrogen-bond donors (Lipinski definition) is 1. The molecule has 1 heterocycles. The summed E-state index contributed by atoms with van der Waals surface area (Å²) in [5, 5.41) is 4.34. The lowest BCUT2D eigenvalue weighted by molar-refractivity contribution is -0.113. The molecule has 26 heavy (non-hydrogen) atoms. The molecule has 0 unspecified atom stereocenters. The third-order valence-corrected chi connectivity index (χ3v) is 5.47. The zero-order valence-corrected chi connectivity index (χ0v) is 16.2. The lowest BCUT2D eigenvalue weighted by Gasteiger charge is -2.10. The summed E-state index contributed by atoms with van der Waals surface area (Å²) in [7, 11) is 1.72. The van der Waals surface area contributed by atoms with Crippen molar-refractivity contribution in [2.75, 3.05) is 11.1 Å². The van der Waals surface area contributed by atoms with Crippen molar-refractivity contribution in [3.63, 3.8) is 0 Å². The standard InChI is InChI=1S/C20H19ClN2O2S/c1-3-13-4-7-15(8-5-13)22-19(24)12-26-18-11-20(25)23(2)17-9-6-14(21)10-16(17)18/h4-11H,3,12H2,1-2H3,(H,22,24). The van der Waals surface area contributed by atoms with Crippen LogP contribution >= 0.6 is 23.4 Å². The van der Waals surface area contributed by atoms with Gasteiger partial charge in [-0.3, -0.25) is 9.59 Å². The van der Waals surface area contributed by atoms with Gasteiger partial charge < -0.3 is 9.88 Å². The monoisotopic (exact) mass is 386 g/mol. The second-order valence-corrected chi connectivity index (χ2v) is 7.41. The maximum absolute atomic E-state index is 12.3. The van der Waals surface area contributed by atoms with Crippen LogP contribution in [0.5, 0.6) is 0 Å². The summed E-state index contributed by atoms with van der Waals surface area (Å²) in [5.41, 5.74) is 2.67. The molecule has 0 aliphatic carbocycles. The van der Waals surface area contributed by atoms with E-state index in [1.54, 1.807) is 23.7 Å². The minimum Gasteiger partial charge on any atom is -0.325 e. The summed E-state index contributed by atoms with van der Waals surface area (Å²) >= 11 is 7.43. The number of fused-ring (bicyclic) bond motifs is 1. The quantitative estimate of drug-likeness (QED) is 0.657. The molecule has 6 heteroatoms.